The lowest BCUT2D eigenvalue weighted by atomic mass is 10.1. The van der Waals surface area contributed by atoms with Crippen molar-refractivity contribution in [1.82, 2.24) is 4.90 Å². The molecule has 0 radical (unpaired) electrons. The molecule has 0 aromatic heterocycles. The number of Topliss-reactive ketones (excluding diaryl/α,β-unsaturated/α-hetero) is 1. The first-order valence-electron chi connectivity index (χ1n) is 10.4. The molecule has 3 aromatic rings. The number of imide groups is 1. The molecule has 3 aromatic carbocycles. The van der Waals surface area contributed by atoms with Gasteiger partial charge in [-0.2, -0.15) is 0 Å². The zero-order valence-corrected chi connectivity index (χ0v) is 18.2. The molecule has 35 heavy (non-hydrogen) atoms. The van der Waals surface area contributed by atoms with Gasteiger partial charge >= 0.3 is 5.97 Å². The third-order valence-electron chi connectivity index (χ3n) is 5.25. The van der Waals surface area contributed by atoms with Gasteiger partial charge in [0.1, 0.15) is 24.5 Å². The highest BCUT2D eigenvalue weighted by molar-refractivity contribution is 6.24. The minimum absolute atomic E-state index is 0.164. The SMILES string of the molecule is O=C(CN1C(=O)c2cccc([N+](=O)[O-])c2C1=O)OCC(=O)c1ccc(OCc2ccccc2)cc1. The number of ketones is 1. The summed E-state index contributed by atoms with van der Waals surface area (Å²) in [6.07, 6.45) is 0. The molecule has 0 unspecified atom stereocenters. The molecule has 0 bridgehead atoms. The molecule has 176 valence electrons. The number of fused-ring (bicyclic) bond motifs is 1. The molecular formula is C25H18N2O8. The molecule has 0 N–H and O–H groups in total. The average Bonchev–Trinajstić information content (AvgIpc) is 3.11. The zero-order chi connectivity index (χ0) is 24.9. The van der Waals surface area contributed by atoms with Gasteiger partial charge in [0.2, 0.25) is 0 Å². The van der Waals surface area contributed by atoms with Crippen LogP contribution in [0.3, 0.4) is 0 Å². The van der Waals surface area contributed by atoms with E-state index < -0.39 is 47.3 Å². The Morgan fingerprint density at radius 2 is 1.60 bits per heavy atom. The van der Waals surface area contributed by atoms with E-state index in [0.717, 1.165) is 11.6 Å². The van der Waals surface area contributed by atoms with Crippen molar-refractivity contribution in [3.63, 3.8) is 0 Å². The van der Waals surface area contributed by atoms with Crippen LogP contribution in [0.1, 0.15) is 36.6 Å². The van der Waals surface area contributed by atoms with Gasteiger partial charge in [0.15, 0.2) is 12.4 Å². The molecule has 2 amide bonds. The Morgan fingerprint density at radius 1 is 0.886 bits per heavy atom. The van der Waals surface area contributed by atoms with Crippen LogP contribution in [0.4, 0.5) is 5.69 Å². The molecule has 10 heteroatoms. The molecule has 0 saturated carbocycles. The summed E-state index contributed by atoms with van der Waals surface area (Å²) in [5.74, 6) is -2.75. The number of esters is 1. The van der Waals surface area contributed by atoms with E-state index in [1.165, 1.54) is 24.3 Å². The number of rotatable bonds is 9. The predicted molar refractivity (Wildman–Crippen MR) is 121 cm³/mol. The van der Waals surface area contributed by atoms with Gasteiger partial charge in [-0.25, -0.2) is 0 Å². The van der Waals surface area contributed by atoms with Crippen molar-refractivity contribution in [1.29, 1.82) is 0 Å². The van der Waals surface area contributed by atoms with Crippen molar-refractivity contribution in [3.8, 4) is 5.75 Å². The number of carbonyl (C=O) groups excluding carboxylic acids is 4. The van der Waals surface area contributed by atoms with E-state index in [4.69, 9.17) is 9.47 Å². The van der Waals surface area contributed by atoms with Crippen LogP contribution in [0.5, 0.6) is 5.75 Å². The fourth-order valence-corrected chi connectivity index (χ4v) is 3.49. The standard InChI is InChI=1S/C25H18N2O8/c28-21(17-9-11-18(12-10-17)34-14-16-5-2-1-3-6-16)15-35-22(29)13-26-24(30)19-7-4-8-20(27(32)33)23(19)25(26)31/h1-12H,13-15H2. The number of amides is 2. The van der Waals surface area contributed by atoms with Crippen molar-refractivity contribution < 1.29 is 33.6 Å². The lowest BCUT2D eigenvalue weighted by Crippen LogP contribution is -2.36. The van der Waals surface area contributed by atoms with E-state index in [1.807, 2.05) is 30.3 Å². The van der Waals surface area contributed by atoms with Crippen LogP contribution >= 0.6 is 0 Å². The van der Waals surface area contributed by atoms with Gasteiger partial charge in [-0.1, -0.05) is 36.4 Å². The van der Waals surface area contributed by atoms with Crippen LogP contribution in [0.2, 0.25) is 0 Å². The monoisotopic (exact) mass is 474 g/mol. The maximum Gasteiger partial charge on any atom is 0.326 e. The highest BCUT2D eigenvalue weighted by atomic mass is 16.6. The molecule has 1 aliphatic heterocycles. The summed E-state index contributed by atoms with van der Waals surface area (Å²) >= 11 is 0. The van der Waals surface area contributed by atoms with Crippen LogP contribution in [-0.2, 0) is 16.1 Å². The van der Waals surface area contributed by atoms with E-state index in [9.17, 15) is 29.3 Å². The molecule has 0 spiro atoms. The Hall–Kier alpha value is -4.86. The maximum atomic E-state index is 12.5. The third-order valence-corrected chi connectivity index (χ3v) is 5.25. The van der Waals surface area contributed by atoms with E-state index in [2.05, 4.69) is 0 Å². The topological polar surface area (TPSA) is 133 Å². The summed E-state index contributed by atoms with van der Waals surface area (Å²) in [7, 11) is 0. The average molecular weight is 474 g/mol. The Labute approximate surface area is 198 Å². The summed E-state index contributed by atoms with van der Waals surface area (Å²) in [6, 6.07) is 19.5. The summed E-state index contributed by atoms with van der Waals surface area (Å²) < 4.78 is 10.6. The van der Waals surface area contributed by atoms with Crippen LogP contribution in [0, 0.1) is 10.1 Å². The van der Waals surface area contributed by atoms with Crippen LogP contribution in [0.15, 0.2) is 72.8 Å². The molecule has 0 aliphatic carbocycles. The molecule has 1 aliphatic rings. The second kappa shape index (κ2) is 9.96. The highest BCUT2D eigenvalue weighted by Gasteiger charge is 2.41. The fraction of sp³-hybridized carbons (Fsp3) is 0.120. The quantitative estimate of drug-likeness (QED) is 0.152. The lowest BCUT2D eigenvalue weighted by Gasteiger charge is -2.12. The number of ether oxygens (including phenoxy) is 2. The van der Waals surface area contributed by atoms with Gasteiger partial charge in [-0.05, 0) is 35.9 Å². The Balaban J connectivity index is 1.30. The number of nitro groups is 1. The summed E-state index contributed by atoms with van der Waals surface area (Å²) in [5.41, 5.74) is 0.208. The largest absolute Gasteiger partial charge is 0.489 e. The van der Waals surface area contributed by atoms with Crippen LogP contribution < -0.4 is 4.74 Å². The number of hydrogen-bond donors (Lipinski definition) is 0. The van der Waals surface area contributed by atoms with Gasteiger partial charge in [0, 0.05) is 11.6 Å². The number of hydrogen-bond acceptors (Lipinski definition) is 8. The Morgan fingerprint density at radius 3 is 2.29 bits per heavy atom. The van der Waals surface area contributed by atoms with Gasteiger partial charge in [-0.15, -0.1) is 0 Å². The van der Waals surface area contributed by atoms with E-state index in [-0.39, 0.29) is 16.7 Å². The smallest absolute Gasteiger partial charge is 0.326 e. The van der Waals surface area contributed by atoms with E-state index in [0.29, 0.717) is 17.3 Å². The van der Waals surface area contributed by atoms with Crippen molar-refractivity contribution in [2.45, 2.75) is 6.61 Å². The molecular weight excluding hydrogens is 456 g/mol. The number of nitro benzene ring substituents is 1. The minimum Gasteiger partial charge on any atom is -0.489 e. The van der Waals surface area contributed by atoms with Gasteiger partial charge in [-0.3, -0.25) is 34.2 Å². The highest BCUT2D eigenvalue weighted by Crippen LogP contribution is 2.30. The van der Waals surface area contributed by atoms with Gasteiger partial charge < -0.3 is 9.47 Å². The van der Waals surface area contributed by atoms with Gasteiger partial charge in [0.25, 0.3) is 17.5 Å². The molecule has 4 rings (SSSR count). The number of nitrogens with zero attached hydrogens (tertiary/aromatic N) is 2. The van der Waals surface area contributed by atoms with E-state index in [1.54, 1.807) is 12.1 Å². The van der Waals surface area contributed by atoms with E-state index >= 15 is 0 Å². The summed E-state index contributed by atoms with van der Waals surface area (Å²) in [6.45, 7) is -1.01. The van der Waals surface area contributed by atoms with Gasteiger partial charge in [0.05, 0.1) is 10.5 Å². The molecule has 1 heterocycles. The Bertz CT molecular complexity index is 1320. The fourth-order valence-electron chi connectivity index (χ4n) is 3.49. The second-order valence-corrected chi connectivity index (χ2v) is 7.54. The summed E-state index contributed by atoms with van der Waals surface area (Å²) in [5, 5.41) is 11.2. The lowest BCUT2D eigenvalue weighted by molar-refractivity contribution is -0.385. The second-order valence-electron chi connectivity index (χ2n) is 7.54. The number of benzene rings is 3. The van der Waals surface area contributed by atoms with Crippen LogP contribution in [-0.4, -0.2) is 46.5 Å². The maximum absolute atomic E-state index is 12.5. The Kier molecular flexibility index (Phi) is 6.63. The number of carbonyl (C=O) groups is 4. The minimum atomic E-state index is -1.00. The molecule has 0 saturated heterocycles. The zero-order valence-electron chi connectivity index (χ0n) is 18.2. The van der Waals surface area contributed by atoms with Crippen molar-refractivity contribution >= 4 is 29.3 Å². The first-order chi connectivity index (χ1) is 16.8. The first-order valence-corrected chi connectivity index (χ1v) is 10.4. The van der Waals surface area contributed by atoms with Crippen molar-refractivity contribution in [3.05, 3.63) is 105 Å². The normalized spacial score (nSPS) is 12.3. The molecule has 0 atom stereocenters. The molecule has 10 nitrogen and oxygen atoms in total. The predicted octanol–water partition coefficient (Wildman–Crippen LogP) is 3.20. The van der Waals surface area contributed by atoms with Crippen molar-refractivity contribution in [2.24, 2.45) is 0 Å². The third kappa shape index (κ3) is 5.06. The van der Waals surface area contributed by atoms with Crippen LogP contribution in [0.25, 0.3) is 0 Å². The molecule has 0 fully saturated rings. The first kappa shape index (κ1) is 23.3. The summed E-state index contributed by atoms with van der Waals surface area (Å²) in [4.78, 5) is 60.5. The van der Waals surface area contributed by atoms with Crippen molar-refractivity contribution in [2.75, 3.05) is 13.2 Å².